The second-order valence-corrected chi connectivity index (χ2v) is 4.52. The van der Waals surface area contributed by atoms with Crippen molar-refractivity contribution in [2.45, 2.75) is 37.6 Å². The van der Waals surface area contributed by atoms with E-state index >= 15 is 0 Å². The summed E-state index contributed by atoms with van der Waals surface area (Å²) in [5, 5.41) is 28.0. The average Bonchev–Trinajstić information content (AvgIpc) is 2.07. The van der Waals surface area contributed by atoms with Gasteiger partial charge in [-0.05, 0) is 6.92 Å². The maximum absolute atomic E-state index is 10.5. The molecule has 0 spiro atoms. The Morgan fingerprint density at radius 1 is 1.20 bits per heavy atom. The van der Waals surface area contributed by atoms with Gasteiger partial charge in [-0.2, -0.15) is 13.1 Å². The number of hydrogen-bond acceptors (Lipinski definition) is 6. The third-order valence-electron chi connectivity index (χ3n) is 2.15. The first-order valence-electron chi connectivity index (χ1n) is 4.17. The van der Waals surface area contributed by atoms with E-state index in [1.54, 1.807) is 4.72 Å². The van der Waals surface area contributed by atoms with E-state index in [1.807, 2.05) is 0 Å². The van der Waals surface area contributed by atoms with Gasteiger partial charge in [0, 0.05) is 0 Å². The Morgan fingerprint density at radius 3 is 2.20 bits per heavy atom. The standard InChI is InChI=1S/C6H13NO7S/c1-2-4(8)5(9)3(6(10)14-2)7-15(11,12)13/h2-10H,1H3,(H,11,12,13)/t2-,3-,4+,5-,6?/m0/s1. The molecule has 15 heavy (non-hydrogen) atoms. The molecular formula is C6H13NO7S. The number of nitrogens with one attached hydrogen (secondary N) is 1. The van der Waals surface area contributed by atoms with Crippen LogP contribution in [0.4, 0.5) is 0 Å². The lowest BCUT2D eigenvalue weighted by molar-refractivity contribution is -0.239. The lowest BCUT2D eigenvalue weighted by atomic mass is 9.99. The second kappa shape index (κ2) is 4.29. The zero-order chi connectivity index (χ0) is 11.8. The summed E-state index contributed by atoms with van der Waals surface area (Å²) in [5.41, 5.74) is 0. The minimum atomic E-state index is -4.59. The van der Waals surface area contributed by atoms with Crippen LogP contribution in [0.15, 0.2) is 0 Å². The van der Waals surface area contributed by atoms with E-state index in [2.05, 4.69) is 0 Å². The summed E-state index contributed by atoms with van der Waals surface area (Å²) in [6, 6.07) is -1.51. The molecule has 5 N–H and O–H groups in total. The fourth-order valence-electron chi connectivity index (χ4n) is 1.34. The van der Waals surface area contributed by atoms with E-state index in [0.29, 0.717) is 0 Å². The Labute approximate surface area is 86.4 Å². The molecule has 5 atom stereocenters. The normalized spacial score (nSPS) is 42.9. The molecule has 1 rings (SSSR count). The summed E-state index contributed by atoms with van der Waals surface area (Å²) in [4.78, 5) is 0. The van der Waals surface area contributed by atoms with E-state index in [9.17, 15) is 23.7 Å². The van der Waals surface area contributed by atoms with Crippen molar-refractivity contribution in [1.29, 1.82) is 0 Å². The second-order valence-electron chi connectivity index (χ2n) is 3.33. The molecule has 0 aromatic rings. The highest BCUT2D eigenvalue weighted by atomic mass is 32.2. The zero-order valence-corrected chi connectivity index (χ0v) is 8.63. The van der Waals surface area contributed by atoms with Crippen molar-refractivity contribution in [2.24, 2.45) is 0 Å². The van der Waals surface area contributed by atoms with Gasteiger partial charge in [-0.15, -0.1) is 0 Å². The van der Waals surface area contributed by atoms with E-state index < -0.39 is 40.9 Å². The van der Waals surface area contributed by atoms with Crippen molar-refractivity contribution >= 4 is 10.3 Å². The average molecular weight is 243 g/mol. The van der Waals surface area contributed by atoms with Crippen LogP contribution in [0, 0.1) is 0 Å². The maximum atomic E-state index is 10.5. The number of ether oxygens (including phenoxy) is 1. The lowest BCUT2D eigenvalue weighted by Crippen LogP contribution is -2.62. The molecule has 1 unspecified atom stereocenters. The third-order valence-corrected chi connectivity index (χ3v) is 2.72. The molecule has 1 fully saturated rings. The first-order chi connectivity index (χ1) is 6.72. The Kier molecular flexibility index (Phi) is 3.66. The Bertz CT molecular complexity index is 317. The third kappa shape index (κ3) is 3.08. The van der Waals surface area contributed by atoms with Gasteiger partial charge in [0.25, 0.3) is 0 Å². The molecule has 0 aromatic carbocycles. The van der Waals surface area contributed by atoms with Crippen molar-refractivity contribution in [1.82, 2.24) is 4.72 Å². The molecule has 0 bridgehead atoms. The van der Waals surface area contributed by atoms with Crippen molar-refractivity contribution in [3.8, 4) is 0 Å². The van der Waals surface area contributed by atoms with Crippen LogP contribution in [0.3, 0.4) is 0 Å². The van der Waals surface area contributed by atoms with E-state index in [4.69, 9.17) is 9.29 Å². The predicted octanol–water partition coefficient (Wildman–Crippen LogP) is -2.79. The molecule has 1 saturated heterocycles. The van der Waals surface area contributed by atoms with Crippen LogP contribution >= 0.6 is 0 Å². The molecule has 1 heterocycles. The van der Waals surface area contributed by atoms with Crippen LogP contribution in [0.5, 0.6) is 0 Å². The monoisotopic (exact) mass is 243 g/mol. The molecule has 1 aliphatic rings. The molecule has 0 aliphatic carbocycles. The summed E-state index contributed by atoms with van der Waals surface area (Å²) in [6.07, 6.45) is -5.40. The molecule has 1 aliphatic heterocycles. The molecule has 0 saturated carbocycles. The highest BCUT2D eigenvalue weighted by Crippen LogP contribution is 2.19. The molecular weight excluding hydrogens is 230 g/mol. The molecule has 0 aromatic heterocycles. The van der Waals surface area contributed by atoms with Crippen molar-refractivity contribution in [2.75, 3.05) is 0 Å². The summed E-state index contributed by atoms with van der Waals surface area (Å²) in [5.74, 6) is 0. The predicted molar refractivity (Wildman–Crippen MR) is 47.0 cm³/mol. The lowest BCUT2D eigenvalue weighted by Gasteiger charge is -2.38. The highest BCUT2D eigenvalue weighted by molar-refractivity contribution is 7.83. The molecule has 0 amide bonds. The van der Waals surface area contributed by atoms with Gasteiger partial charge in [-0.3, -0.25) is 4.55 Å². The maximum Gasteiger partial charge on any atom is 0.333 e. The van der Waals surface area contributed by atoms with Gasteiger partial charge >= 0.3 is 10.3 Å². The smallest absolute Gasteiger partial charge is 0.333 e. The van der Waals surface area contributed by atoms with Crippen molar-refractivity contribution in [3.63, 3.8) is 0 Å². The Hall–Kier alpha value is -0.290. The van der Waals surface area contributed by atoms with Crippen LogP contribution in [0.2, 0.25) is 0 Å². The first-order valence-corrected chi connectivity index (χ1v) is 5.61. The van der Waals surface area contributed by atoms with Crippen molar-refractivity contribution < 1.29 is 33.0 Å². The topological polar surface area (TPSA) is 136 Å². The largest absolute Gasteiger partial charge is 0.388 e. The summed E-state index contributed by atoms with van der Waals surface area (Å²) in [7, 11) is -4.59. The Morgan fingerprint density at radius 2 is 1.73 bits per heavy atom. The first kappa shape index (κ1) is 12.8. The summed E-state index contributed by atoms with van der Waals surface area (Å²) < 4.78 is 35.7. The number of aliphatic hydroxyl groups excluding tert-OH is 3. The fourth-order valence-corrected chi connectivity index (χ4v) is 1.94. The van der Waals surface area contributed by atoms with Gasteiger partial charge in [-0.1, -0.05) is 0 Å². The van der Waals surface area contributed by atoms with Crippen LogP contribution in [0.25, 0.3) is 0 Å². The van der Waals surface area contributed by atoms with E-state index in [1.165, 1.54) is 6.92 Å². The minimum absolute atomic E-state index is 0.838. The van der Waals surface area contributed by atoms with Crippen molar-refractivity contribution in [3.05, 3.63) is 0 Å². The highest BCUT2D eigenvalue weighted by Gasteiger charge is 2.43. The SMILES string of the molecule is C[C@@H]1OC(O)[C@@H](NS(=O)(=O)O)[C@H](O)[C@@H]1O. The van der Waals surface area contributed by atoms with Gasteiger partial charge in [-0.25, -0.2) is 0 Å². The quantitative estimate of drug-likeness (QED) is 0.330. The van der Waals surface area contributed by atoms with Gasteiger partial charge in [0.05, 0.1) is 6.10 Å². The summed E-state index contributed by atoms with van der Waals surface area (Å²) >= 11 is 0. The van der Waals surface area contributed by atoms with Gasteiger partial charge < -0.3 is 20.1 Å². The van der Waals surface area contributed by atoms with Crippen LogP contribution in [-0.2, 0) is 15.0 Å². The van der Waals surface area contributed by atoms with Crippen LogP contribution < -0.4 is 4.72 Å². The molecule has 0 radical (unpaired) electrons. The minimum Gasteiger partial charge on any atom is -0.388 e. The number of aliphatic hydroxyl groups is 3. The van der Waals surface area contributed by atoms with E-state index in [0.717, 1.165) is 0 Å². The number of hydrogen-bond donors (Lipinski definition) is 5. The van der Waals surface area contributed by atoms with Crippen LogP contribution in [0.1, 0.15) is 6.92 Å². The molecule has 90 valence electrons. The van der Waals surface area contributed by atoms with Crippen LogP contribution in [-0.4, -0.2) is 58.9 Å². The van der Waals surface area contributed by atoms with Gasteiger partial charge in [0.2, 0.25) is 0 Å². The van der Waals surface area contributed by atoms with Gasteiger partial charge in [0.1, 0.15) is 18.2 Å². The molecule has 8 nitrogen and oxygen atoms in total. The zero-order valence-electron chi connectivity index (χ0n) is 7.81. The Balaban J connectivity index is 2.79. The molecule has 9 heteroatoms. The summed E-state index contributed by atoms with van der Waals surface area (Å²) in [6.45, 7) is 1.40. The van der Waals surface area contributed by atoms with E-state index in [-0.39, 0.29) is 0 Å². The van der Waals surface area contributed by atoms with Gasteiger partial charge in [0.15, 0.2) is 6.29 Å². The number of rotatable bonds is 2. The fraction of sp³-hybridized carbons (Fsp3) is 1.00.